The molecule has 1 heterocycles. The fourth-order valence-corrected chi connectivity index (χ4v) is 2.56. The molecule has 19 heavy (non-hydrogen) atoms. The Kier molecular flexibility index (Phi) is 3.98. The Morgan fingerprint density at radius 1 is 1.42 bits per heavy atom. The van der Waals surface area contributed by atoms with Gasteiger partial charge in [-0.3, -0.25) is 4.79 Å². The molecule has 1 aliphatic rings. The summed E-state index contributed by atoms with van der Waals surface area (Å²) in [4.78, 5) is 14.1. The first kappa shape index (κ1) is 13.7. The maximum absolute atomic E-state index is 12.2. The number of ether oxygens (including phenoxy) is 1. The van der Waals surface area contributed by atoms with Crippen molar-refractivity contribution in [2.75, 3.05) is 18.9 Å². The summed E-state index contributed by atoms with van der Waals surface area (Å²) in [5.74, 6) is 0.813. The van der Waals surface area contributed by atoms with Crippen LogP contribution in [0.3, 0.4) is 0 Å². The van der Waals surface area contributed by atoms with E-state index in [0.29, 0.717) is 24.5 Å². The molecule has 0 saturated carbocycles. The maximum atomic E-state index is 12.2. The van der Waals surface area contributed by atoms with E-state index in [9.17, 15) is 4.79 Å². The van der Waals surface area contributed by atoms with Gasteiger partial charge in [0, 0.05) is 12.1 Å². The lowest BCUT2D eigenvalue weighted by atomic mass is 10.0. The van der Waals surface area contributed by atoms with Crippen LogP contribution in [0.1, 0.15) is 33.1 Å². The highest BCUT2D eigenvalue weighted by Crippen LogP contribution is 2.28. The Labute approximate surface area is 114 Å². The van der Waals surface area contributed by atoms with Crippen molar-refractivity contribution < 1.29 is 9.53 Å². The van der Waals surface area contributed by atoms with Crippen LogP contribution in [0.5, 0.6) is 5.75 Å². The highest BCUT2D eigenvalue weighted by Gasteiger charge is 2.34. The number of nitrogens with two attached hydrogens (primary N) is 1. The Bertz CT molecular complexity index is 457. The van der Waals surface area contributed by atoms with Gasteiger partial charge in [0.15, 0.2) is 0 Å². The number of nitrogens with zero attached hydrogens (tertiary/aromatic N) is 1. The summed E-state index contributed by atoms with van der Waals surface area (Å²) in [5, 5.41) is 0. The van der Waals surface area contributed by atoms with Crippen molar-refractivity contribution in [3.05, 3.63) is 24.3 Å². The minimum absolute atomic E-state index is 0.0111. The van der Waals surface area contributed by atoms with Gasteiger partial charge in [-0.25, -0.2) is 0 Å². The van der Waals surface area contributed by atoms with Gasteiger partial charge in [0.05, 0.1) is 18.7 Å². The maximum Gasteiger partial charge on any atom is 0.226 e. The summed E-state index contributed by atoms with van der Waals surface area (Å²) >= 11 is 0. The molecule has 1 fully saturated rings. The second kappa shape index (κ2) is 5.51. The molecule has 0 unspecified atom stereocenters. The summed E-state index contributed by atoms with van der Waals surface area (Å²) < 4.78 is 5.56. The molecule has 1 amide bonds. The molecule has 0 radical (unpaired) electrons. The third-order valence-electron chi connectivity index (χ3n) is 3.69. The lowest BCUT2D eigenvalue weighted by Gasteiger charge is -2.31. The molecule has 1 aliphatic heterocycles. The molecule has 1 saturated heterocycles. The standard InChI is InChI=1S/C15H22N2O2/c1-15(2)9-5-10-17(15)14(18)8-11-19-13-7-4-3-6-12(13)16/h3-4,6-7H,5,8-11,16H2,1-2H3. The van der Waals surface area contributed by atoms with E-state index in [-0.39, 0.29) is 11.4 Å². The zero-order valence-corrected chi connectivity index (χ0v) is 11.7. The smallest absolute Gasteiger partial charge is 0.226 e. The lowest BCUT2D eigenvalue weighted by Crippen LogP contribution is -2.43. The van der Waals surface area contributed by atoms with Crippen molar-refractivity contribution in [1.82, 2.24) is 4.90 Å². The molecule has 104 valence electrons. The summed E-state index contributed by atoms with van der Waals surface area (Å²) in [6.45, 7) is 5.47. The van der Waals surface area contributed by atoms with Crippen molar-refractivity contribution in [3.8, 4) is 5.75 Å². The first-order valence-electron chi connectivity index (χ1n) is 6.78. The highest BCUT2D eigenvalue weighted by molar-refractivity contribution is 5.77. The van der Waals surface area contributed by atoms with E-state index in [1.54, 1.807) is 6.07 Å². The SMILES string of the molecule is CC1(C)CCCN1C(=O)CCOc1ccccc1N. The van der Waals surface area contributed by atoms with Crippen LogP contribution in [-0.4, -0.2) is 29.5 Å². The van der Waals surface area contributed by atoms with Crippen LogP contribution in [0.4, 0.5) is 5.69 Å². The van der Waals surface area contributed by atoms with Crippen molar-refractivity contribution in [1.29, 1.82) is 0 Å². The van der Waals surface area contributed by atoms with Gasteiger partial charge in [0.2, 0.25) is 5.91 Å². The number of carbonyl (C=O) groups excluding carboxylic acids is 1. The predicted molar refractivity (Wildman–Crippen MR) is 76.0 cm³/mol. The van der Waals surface area contributed by atoms with Crippen LogP contribution in [-0.2, 0) is 4.79 Å². The van der Waals surface area contributed by atoms with Crippen LogP contribution in [0.15, 0.2) is 24.3 Å². The van der Waals surface area contributed by atoms with Gasteiger partial charge >= 0.3 is 0 Å². The largest absolute Gasteiger partial charge is 0.491 e. The van der Waals surface area contributed by atoms with Gasteiger partial charge < -0.3 is 15.4 Å². The Morgan fingerprint density at radius 3 is 2.79 bits per heavy atom. The molecule has 1 aromatic carbocycles. The molecule has 0 aliphatic carbocycles. The fraction of sp³-hybridized carbons (Fsp3) is 0.533. The number of anilines is 1. The van der Waals surface area contributed by atoms with Gasteiger partial charge in [-0.05, 0) is 38.8 Å². The average molecular weight is 262 g/mol. The molecule has 4 nitrogen and oxygen atoms in total. The Hall–Kier alpha value is -1.71. The normalized spacial score (nSPS) is 17.5. The number of carbonyl (C=O) groups is 1. The van der Waals surface area contributed by atoms with E-state index in [4.69, 9.17) is 10.5 Å². The molecule has 1 aromatic rings. The third kappa shape index (κ3) is 3.19. The second-order valence-electron chi connectivity index (χ2n) is 5.60. The number of likely N-dealkylation sites (tertiary alicyclic amines) is 1. The monoisotopic (exact) mass is 262 g/mol. The van der Waals surface area contributed by atoms with E-state index in [1.807, 2.05) is 23.1 Å². The van der Waals surface area contributed by atoms with Crippen molar-refractivity contribution in [2.24, 2.45) is 0 Å². The molecular formula is C15H22N2O2. The van der Waals surface area contributed by atoms with E-state index < -0.39 is 0 Å². The number of para-hydroxylation sites is 2. The molecule has 2 rings (SSSR count). The minimum Gasteiger partial charge on any atom is -0.491 e. The van der Waals surface area contributed by atoms with Crippen molar-refractivity contribution in [2.45, 2.75) is 38.6 Å². The number of hydrogen-bond acceptors (Lipinski definition) is 3. The topological polar surface area (TPSA) is 55.6 Å². The Balaban J connectivity index is 1.83. The summed E-state index contributed by atoms with van der Waals surface area (Å²) in [6.07, 6.45) is 2.56. The van der Waals surface area contributed by atoms with Crippen LogP contribution in [0, 0.1) is 0 Å². The van der Waals surface area contributed by atoms with Gasteiger partial charge in [0.1, 0.15) is 5.75 Å². The zero-order chi connectivity index (χ0) is 13.9. The summed E-state index contributed by atoms with van der Waals surface area (Å²) in [6, 6.07) is 7.34. The van der Waals surface area contributed by atoms with Gasteiger partial charge in [-0.2, -0.15) is 0 Å². The summed E-state index contributed by atoms with van der Waals surface area (Å²) in [7, 11) is 0. The molecule has 0 atom stereocenters. The molecule has 0 aromatic heterocycles. The first-order chi connectivity index (χ1) is 9.00. The van der Waals surface area contributed by atoms with Crippen LogP contribution in [0.25, 0.3) is 0 Å². The molecule has 4 heteroatoms. The zero-order valence-electron chi connectivity index (χ0n) is 11.7. The number of benzene rings is 1. The number of amides is 1. The fourth-order valence-electron chi connectivity index (χ4n) is 2.56. The summed E-state index contributed by atoms with van der Waals surface area (Å²) in [5.41, 5.74) is 6.38. The quantitative estimate of drug-likeness (QED) is 0.848. The van der Waals surface area contributed by atoms with E-state index in [0.717, 1.165) is 19.4 Å². The second-order valence-corrected chi connectivity index (χ2v) is 5.60. The van der Waals surface area contributed by atoms with E-state index in [2.05, 4.69) is 13.8 Å². The van der Waals surface area contributed by atoms with E-state index in [1.165, 1.54) is 0 Å². The van der Waals surface area contributed by atoms with Crippen molar-refractivity contribution >= 4 is 11.6 Å². The van der Waals surface area contributed by atoms with Gasteiger partial charge in [-0.15, -0.1) is 0 Å². The molecule has 0 spiro atoms. The molecule has 0 bridgehead atoms. The molecular weight excluding hydrogens is 240 g/mol. The average Bonchev–Trinajstić information content (AvgIpc) is 2.71. The lowest BCUT2D eigenvalue weighted by molar-refractivity contribution is -0.134. The van der Waals surface area contributed by atoms with Gasteiger partial charge in [0.25, 0.3) is 0 Å². The first-order valence-corrected chi connectivity index (χ1v) is 6.78. The van der Waals surface area contributed by atoms with Crippen LogP contribution < -0.4 is 10.5 Å². The predicted octanol–water partition coefficient (Wildman–Crippen LogP) is 2.44. The highest BCUT2D eigenvalue weighted by atomic mass is 16.5. The van der Waals surface area contributed by atoms with Crippen LogP contribution >= 0.6 is 0 Å². The molecule has 2 N–H and O–H groups in total. The van der Waals surface area contributed by atoms with Crippen molar-refractivity contribution in [3.63, 3.8) is 0 Å². The Morgan fingerprint density at radius 2 is 2.16 bits per heavy atom. The number of hydrogen-bond donors (Lipinski definition) is 1. The number of rotatable bonds is 4. The van der Waals surface area contributed by atoms with Crippen LogP contribution in [0.2, 0.25) is 0 Å². The van der Waals surface area contributed by atoms with Gasteiger partial charge in [-0.1, -0.05) is 12.1 Å². The minimum atomic E-state index is -0.0111. The third-order valence-corrected chi connectivity index (χ3v) is 3.69. The number of nitrogen functional groups attached to an aromatic ring is 1. The van der Waals surface area contributed by atoms with E-state index >= 15 is 0 Å².